The van der Waals surface area contributed by atoms with Crippen LogP contribution in [0.4, 0.5) is 5.69 Å². The van der Waals surface area contributed by atoms with Crippen LogP contribution in [-0.4, -0.2) is 60.4 Å². The lowest BCUT2D eigenvalue weighted by Gasteiger charge is -2.34. The van der Waals surface area contributed by atoms with Gasteiger partial charge in [0, 0.05) is 38.3 Å². The van der Waals surface area contributed by atoms with E-state index in [9.17, 15) is 23.3 Å². The number of nitrogens with zero attached hydrogens (tertiary/aromatic N) is 3. The molecule has 1 saturated heterocycles. The number of nitro benzene ring substituents is 1. The maximum Gasteiger partial charge on any atom is 0.270 e. The van der Waals surface area contributed by atoms with E-state index in [1.54, 1.807) is 23.2 Å². The molecule has 8 nitrogen and oxygen atoms in total. The van der Waals surface area contributed by atoms with Crippen molar-refractivity contribution in [2.75, 3.05) is 31.9 Å². The van der Waals surface area contributed by atoms with Crippen LogP contribution in [0.25, 0.3) is 0 Å². The molecule has 2 heterocycles. The van der Waals surface area contributed by atoms with Crippen molar-refractivity contribution < 1.29 is 18.1 Å². The molecule has 1 aliphatic heterocycles. The summed E-state index contributed by atoms with van der Waals surface area (Å²) in [5, 5.41) is 12.9. The van der Waals surface area contributed by atoms with Crippen molar-refractivity contribution in [3.05, 3.63) is 51.4 Å². The van der Waals surface area contributed by atoms with Crippen LogP contribution in [0.1, 0.15) is 5.56 Å². The Bertz CT molecular complexity index is 968. The Hall–Kier alpha value is -1.95. The summed E-state index contributed by atoms with van der Waals surface area (Å²) in [5.74, 6) is 0.291. The first-order valence-electron chi connectivity index (χ1n) is 8.48. The minimum atomic E-state index is -3.86. The first-order valence-corrected chi connectivity index (χ1v) is 11.8. The molecule has 3 rings (SSSR count). The van der Waals surface area contributed by atoms with Crippen molar-refractivity contribution >= 4 is 44.7 Å². The molecule has 0 N–H and O–H groups in total. The molecule has 11 heteroatoms. The van der Waals surface area contributed by atoms with Crippen LogP contribution in [-0.2, 0) is 14.8 Å². The minimum absolute atomic E-state index is 0.0259. The zero-order valence-electron chi connectivity index (χ0n) is 15.1. The second kappa shape index (κ2) is 8.60. The van der Waals surface area contributed by atoms with Crippen molar-refractivity contribution in [3.63, 3.8) is 0 Å². The monoisotopic (exact) mass is 441 g/mol. The molecule has 0 saturated carbocycles. The summed E-state index contributed by atoms with van der Waals surface area (Å²) in [6.45, 7) is 2.55. The Labute approximate surface area is 171 Å². The molecule has 1 fully saturated rings. The number of nitro groups is 1. The summed E-state index contributed by atoms with van der Waals surface area (Å²) in [7, 11) is -3.86. The van der Waals surface area contributed by atoms with E-state index in [4.69, 9.17) is 0 Å². The smallest absolute Gasteiger partial charge is 0.270 e. The summed E-state index contributed by atoms with van der Waals surface area (Å²) in [6, 6.07) is 7.70. The number of non-ortho nitro benzene ring substituents is 1. The number of aryl methyl sites for hydroxylation is 1. The van der Waals surface area contributed by atoms with Crippen LogP contribution < -0.4 is 0 Å². The van der Waals surface area contributed by atoms with Crippen molar-refractivity contribution in [2.24, 2.45) is 0 Å². The van der Waals surface area contributed by atoms with Crippen molar-refractivity contribution in [2.45, 2.75) is 16.0 Å². The topological polar surface area (TPSA) is 101 Å². The average molecular weight is 442 g/mol. The summed E-state index contributed by atoms with van der Waals surface area (Å²) in [4.78, 5) is 24.3. The van der Waals surface area contributed by atoms with Gasteiger partial charge >= 0.3 is 0 Å². The highest BCUT2D eigenvalue weighted by molar-refractivity contribution is 8.01. The fraction of sp³-hybridized carbons (Fsp3) is 0.353. The van der Waals surface area contributed by atoms with Gasteiger partial charge in [0.2, 0.25) is 15.9 Å². The van der Waals surface area contributed by atoms with E-state index in [1.165, 1.54) is 28.2 Å². The van der Waals surface area contributed by atoms with Crippen LogP contribution in [0.3, 0.4) is 0 Å². The standard InChI is InChI=1S/C17H19N3O5S3/c1-13-4-5-14(20(22)23)11-15(13)28(24,25)19-8-6-18(7-9-19)16(21)12-27-17-3-2-10-26-17/h2-5,10-11H,6-9,12H2,1H3. The Morgan fingerprint density at radius 1 is 1.25 bits per heavy atom. The molecule has 0 bridgehead atoms. The quantitative estimate of drug-likeness (QED) is 0.388. The molecule has 0 aliphatic carbocycles. The highest BCUT2D eigenvalue weighted by atomic mass is 32.2. The Kier molecular flexibility index (Phi) is 6.38. The van der Waals surface area contributed by atoms with Gasteiger partial charge in [0.25, 0.3) is 5.69 Å². The van der Waals surface area contributed by atoms with E-state index >= 15 is 0 Å². The van der Waals surface area contributed by atoms with E-state index in [0.29, 0.717) is 24.4 Å². The highest BCUT2D eigenvalue weighted by Crippen LogP contribution is 2.26. The largest absolute Gasteiger partial charge is 0.339 e. The number of sulfonamides is 1. The van der Waals surface area contributed by atoms with Gasteiger partial charge in [-0.25, -0.2) is 8.42 Å². The summed E-state index contributed by atoms with van der Waals surface area (Å²) in [6.07, 6.45) is 0. The van der Waals surface area contributed by atoms with E-state index in [-0.39, 0.29) is 29.6 Å². The number of carbonyl (C=O) groups excluding carboxylic acids is 1. The molecular formula is C17H19N3O5S3. The third-order valence-corrected chi connectivity index (χ3v) is 8.58. The Morgan fingerprint density at radius 3 is 2.57 bits per heavy atom. The van der Waals surface area contributed by atoms with Crippen molar-refractivity contribution in [1.29, 1.82) is 0 Å². The highest BCUT2D eigenvalue weighted by Gasteiger charge is 2.32. The predicted octanol–water partition coefficient (Wildman–Crippen LogP) is 2.59. The second-order valence-electron chi connectivity index (χ2n) is 6.21. The number of hydrogen-bond acceptors (Lipinski definition) is 7. The van der Waals surface area contributed by atoms with E-state index in [2.05, 4.69) is 0 Å². The number of benzene rings is 1. The number of amides is 1. The van der Waals surface area contributed by atoms with Crippen LogP contribution >= 0.6 is 23.1 Å². The van der Waals surface area contributed by atoms with Gasteiger partial charge in [0.15, 0.2) is 0 Å². The fourth-order valence-corrected chi connectivity index (χ4v) is 6.22. The molecular weight excluding hydrogens is 422 g/mol. The van der Waals surface area contributed by atoms with Gasteiger partial charge in [-0.05, 0) is 23.9 Å². The predicted molar refractivity (Wildman–Crippen MR) is 108 cm³/mol. The minimum Gasteiger partial charge on any atom is -0.339 e. The number of thiophene rings is 1. The SMILES string of the molecule is Cc1ccc([N+](=O)[O-])cc1S(=O)(=O)N1CCN(C(=O)CSc2cccs2)CC1. The number of thioether (sulfide) groups is 1. The van der Waals surface area contributed by atoms with Crippen LogP contribution in [0.15, 0.2) is 44.8 Å². The average Bonchev–Trinajstić information content (AvgIpc) is 3.20. The molecule has 0 atom stereocenters. The van der Waals surface area contributed by atoms with Gasteiger partial charge < -0.3 is 4.90 Å². The number of piperazine rings is 1. The number of rotatable bonds is 6. The summed E-state index contributed by atoms with van der Waals surface area (Å²) < 4.78 is 28.2. The molecule has 0 unspecified atom stereocenters. The lowest BCUT2D eigenvalue weighted by molar-refractivity contribution is -0.385. The zero-order chi connectivity index (χ0) is 20.3. The zero-order valence-corrected chi connectivity index (χ0v) is 17.6. The number of carbonyl (C=O) groups is 1. The first kappa shape index (κ1) is 20.8. The van der Waals surface area contributed by atoms with Gasteiger partial charge in [-0.15, -0.1) is 23.1 Å². The lowest BCUT2D eigenvalue weighted by atomic mass is 10.2. The molecule has 150 valence electrons. The summed E-state index contributed by atoms with van der Waals surface area (Å²) in [5.41, 5.74) is 0.194. The molecule has 1 aromatic carbocycles. The molecule has 28 heavy (non-hydrogen) atoms. The molecule has 0 spiro atoms. The molecule has 2 aromatic rings. The Morgan fingerprint density at radius 2 is 1.96 bits per heavy atom. The summed E-state index contributed by atoms with van der Waals surface area (Å²) >= 11 is 3.04. The molecule has 1 amide bonds. The van der Waals surface area contributed by atoms with Crippen LogP contribution in [0, 0.1) is 17.0 Å². The fourth-order valence-electron chi connectivity index (χ4n) is 2.87. The van der Waals surface area contributed by atoms with Crippen molar-refractivity contribution in [3.8, 4) is 0 Å². The van der Waals surface area contributed by atoms with E-state index in [1.807, 2.05) is 17.5 Å². The van der Waals surface area contributed by atoms with Gasteiger partial charge in [-0.3, -0.25) is 14.9 Å². The first-order chi connectivity index (χ1) is 13.3. The van der Waals surface area contributed by atoms with E-state index < -0.39 is 14.9 Å². The van der Waals surface area contributed by atoms with Crippen molar-refractivity contribution in [1.82, 2.24) is 9.21 Å². The van der Waals surface area contributed by atoms with Gasteiger partial charge in [0.1, 0.15) is 0 Å². The van der Waals surface area contributed by atoms with Gasteiger partial charge in [0.05, 0.1) is 19.8 Å². The number of hydrogen-bond donors (Lipinski definition) is 0. The van der Waals surface area contributed by atoms with Crippen LogP contribution in [0.2, 0.25) is 0 Å². The second-order valence-corrected chi connectivity index (χ2v) is 10.3. The molecule has 1 aromatic heterocycles. The van der Waals surface area contributed by atoms with Crippen LogP contribution in [0.5, 0.6) is 0 Å². The van der Waals surface area contributed by atoms with Gasteiger partial charge in [-0.1, -0.05) is 12.1 Å². The maximum absolute atomic E-state index is 12.9. The Balaban J connectivity index is 1.64. The van der Waals surface area contributed by atoms with E-state index in [0.717, 1.165) is 10.3 Å². The third kappa shape index (κ3) is 4.54. The molecule has 0 radical (unpaired) electrons. The normalized spacial score (nSPS) is 15.5. The molecule has 1 aliphatic rings. The maximum atomic E-state index is 12.9. The lowest BCUT2D eigenvalue weighted by Crippen LogP contribution is -2.51. The van der Waals surface area contributed by atoms with Gasteiger partial charge in [-0.2, -0.15) is 4.31 Å². The third-order valence-electron chi connectivity index (χ3n) is 4.42.